The van der Waals surface area contributed by atoms with Crippen LogP contribution in [0, 0.1) is 18.8 Å². The van der Waals surface area contributed by atoms with E-state index in [2.05, 4.69) is 10.6 Å². The van der Waals surface area contributed by atoms with Gasteiger partial charge in [0.15, 0.2) is 0 Å². The van der Waals surface area contributed by atoms with Crippen LogP contribution in [0.4, 0.5) is 5.69 Å². The first-order valence-electron chi connectivity index (χ1n) is 10.8. The monoisotopic (exact) mass is 482 g/mol. The lowest BCUT2D eigenvalue weighted by molar-refractivity contribution is -0.143. The van der Waals surface area contributed by atoms with Crippen LogP contribution in [0.2, 0.25) is 5.02 Å². The molecule has 3 aliphatic rings. The number of carbonyl (C=O) groups is 4. The molecule has 1 spiro atoms. The molecule has 3 heterocycles. The van der Waals surface area contributed by atoms with E-state index in [9.17, 15) is 19.2 Å². The summed E-state index contributed by atoms with van der Waals surface area (Å²) >= 11 is 6.26. The molecule has 0 aromatic heterocycles. The van der Waals surface area contributed by atoms with Crippen molar-refractivity contribution in [1.29, 1.82) is 0 Å². The Labute approximate surface area is 200 Å². The van der Waals surface area contributed by atoms with Crippen LogP contribution < -0.4 is 21.1 Å². The molecule has 2 aromatic carbocycles. The van der Waals surface area contributed by atoms with Crippen LogP contribution in [0.25, 0.3) is 0 Å². The van der Waals surface area contributed by atoms with Crippen molar-refractivity contribution in [2.45, 2.75) is 31.5 Å². The topological polar surface area (TPSA) is 131 Å². The van der Waals surface area contributed by atoms with Crippen molar-refractivity contribution in [3.8, 4) is 5.75 Å². The second-order valence-electron chi connectivity index (χ2n) is 8.89. The molecule has 2 fully saturated rings. The van der Waals surface area contributed by atoms with E-state index in [0.717, 1.165) is 5.56 Å². The Balaban J connectivity index is 1.59. The molecule has 10 heteroatoms. The van der Waals surface area contributed by atoms with Crippen molar-refractivity contribution in [1.82, 2.24) is 10.2 Å². The number of halogens is 1. The van der Waals surface area contributed by atoms with Gasteiger partial charge in [-0.1, -0.05) is 29.8 Å². The average Bonchev–Trinajstić information content (AvgIpc) is 3.37. The Kier molecular flexibility index (Phi) is 5.14. The van der Waals surface area contributed by atoms with Crippen LogP contribution in [0.15, 0.2) is 36.4 Å². The van der Waals surface area contributed by atoms with Crippen molar-refractivity contribution in [2.75, 3.05) is 12.4 Å². The van der Waals surface area contributed by atoms with Gasteiger partial charge in [0.2, 0.25) is 23.6 Å². The summed E-state index contributed by atoms with van der Waals surface area (Å²) in [6.07, 6.45) is -0.187. The minimum atomic E-state index is -1.50. The average molecular weight is 483 g/mol. The highest BCUT2D eigenvalue weighted by atomic mass is 35.5. The Morgan fingerprint density at radius 1 is 1.15 bits per heavy atom. The normalized spacial score (nSPS) is 27.2. The van der Waals surface area contributed by atoms with E-state index >= 15 is 0 Å². The molecule has 0 bridgehead atoms. The highest BCUT2D eigenvalue weighted by molar-refractivity contribution is 6.32. The number of imide groups is 1. The molecule has 34 heavy (non-hydrogen) atoms. The predicted molar refractivity (Wildman–Crippen MR) is 123 cm³/mol. The highest BCUT2D eigenvalue weighted by Crippen LogP contribution is 2.54. The number of nitrogens with one attached hydrogen (secondary N) is 2. The van der Waals surface area contributed by atoms with Crippen LogP contribution in [-0.2, 0) is 31.3 Å². The minimum Gasteiger partial charge on any atom is -0.497 e. The zero-order chi connectivity index (χ0) is 24.4. The number of anilines is 1. The number of rotatable bonds is 5. The molecule has 4 atom stereocenters. The van der Waals surface area contributed by atoms with Gasteiger partial charge in [-0.25, -0.2) is 0 Å². The number of fused-ring (bicyclic) bond motifs is 4. The van der Waals surface area contributed by atoms with Crippen molar-refractivity contribution < 1.29 is 23.9 Å². The number of ether oxygens (including phenoxy) is 1. The van der Waals surface area contributed by atoms with E-state index in [1.54, 1.807) is 50.4 Å². The summed E-state index contributed by atoms with van der Waals surface area (Å²) < 4.78 is 5.17. The summed E-state index contributed by atoms with van der Waals surface area (Å²) in [5, 5.41) is 6.48. The number of nitrogens with zero attached hydrogens (tertiary/aromatic N) is 1. The fraction of sp³-hybridized carbons (Fsp3) is 0.333. The van der Waals surface area contributed by atoms with Crippen LogP contribution in [0.1, 0.15) is 23.1 Å². The molecule has 2 aromatic rings. The van der Waals surface area contributed by atoms with Crippen molar-refractivity contribution in [3.05, 3.63) is 58.1 Å². The van der Waals surface area contributed by atoms with Gasteiger partial charge in [0.05, 0.1) is 31.2 Å². The van der Waals surface area contributed by atoms with Gasteiger partial charge in [-0.15, -0.1) is 0 Å². The quantitative estimate of drug-likeness (QED) is 0.553. The summed E-state index contributed by atoms with van der Waals surface area (Å²) in [7, 11) is 1.55. The molecule has 0 saturated carbocycles. The number of carbonyl (C=O) groups excluding carboxylic acids is 4. The molecule has 4 N–H and O–H groups in total. The van der Waals surface area contributed by atoms with Crippen molar-refractivity contribution in [2.24, 2.45) is 17.6 Å². The number of methoxy groups -OCH3 is 1. The number of nitrogens with two attached hydrogens (primary N) is 1. The Hall–Kier alpha value is -3.43. The van der Waals surface area contributed by atoms with Gasteiger partial charge in [-0.3, -0.25) is 29.4 Å². The molecule has 176 valence electrons. The molecule has 9 nitrogen and oxygen atoms in total. The SMILES string of the molecule is COc1ccc(CN2C(=O)[C@@H]3[C@@H](CC(N)=O)N[C@]4(C(=O)Nc5c4ccc(Cl)c5C)[C@H]3C2=O)cc1. The molecule has 0 radical (unpaired) electrons. The lowest BCUT2D eigenvalue weighted by Gasteiger charge is -2.29. The van der Waals surface area contributed by atoms with Gasteiger partial charge in [0, 0.05) is 23.0 Å². The van der Waals surface area contributed by atoms with Crippen LogP contribution >= 0.6 is 11.6 Å². The number of primary amides is 1. The molecule has 0 unspecified atom stereocenters. The Bertz CT molecular complexity index is 1250. The fourth-order valence-electron chi connectivity index (χ4n) is 5.51. The minimum absolute atomic E-state index is 0.0438. The first-order chi connectivity index (χ1) is 16.2. The molecule has 4 amide bonds. The number of likely N-dealkylation sites (tertiary alicyclic amines) is 1. The van der Waals surface area contributed by atoms with E-state index in [-0.39, 0.29) is 13.0 Å². The maximum atomic E-state index is 13.7. The van der Waals surface area contributed by atoms with Gasteiger partial charge in [0.25, 0.3) is 0 Å². The number of benzene rings is 2. The molecular weight excluding hydrogens is 460 g/mol. The highest BCUT2D eigenvalue weighted by Gasteiger charge is 2.70. The zero-order valence-corrected chi connectivity index (χ0v) is 19.3. The molecule has 0 aliphatic carbocycles. The smallest absolute Gasteiger partial charge is 0.250 e. The number of amides is 4. The van der Waals surface area contributed by atoms with E-state index in [0.29, 0.717) is 27.6 Å². The lowest BCUT2D eigenvalue weighted by atomic mass is 9.76. The Morgan fingerprint density at radius 2 is 1.85 bits per heavy atom. The van der Waals surface area contributed by atoms with Crippen molar-refractivity contribution >= 4 is 40.9 Å². The summed E-state index contributed by atoms with van der Waals surface area (Å²) in [5.74, 6) is -3.28. The van der Waals surface area contributed by atoms with E-state index in [1.807, 2.05) is 0 Å². The third-order valence-electron chi connectivity index (χ3n) is 7.10. The molecule has 5 rings (SSSR count). The van der Waals surface area contributed by atoms with Gasteiger partial charge in [-0.05, 0) is 36.2 Å². The largest absolute Gasteiger partial charge is 0.497 e. The zero-order valence-electron chi connectivity index (χ0n) is 18.6. The first-order valence-corrected chi connectivity index (χ1v) is 11.2. The first kappa shape index (κ1) is 22.4. The van der Waals surface area contributed by atoms with Gasteiger partial charge in [-0.2, -0.15) is 0 Å². The standard InChI is InChI=1S/C24H23ClN4O5/c1-11-15(25)8-7-14-20(11)27-23(33)24(14)19-18(16(28-24)9-17(26)30)21(31)29(22(19)32)10-12-3-5-13(34-2)6-4-12/h3-8,16,18-19,28H,9-10H2,1-2H3,(H2,26,30)(H,27,33)/t16-,18-,19-,24+/m1/s1. The van der Waals surface area contributed by atoms with Crippen molar-refractivity contribution in [3.63, 3.8) is 0 Å². The fourth-order valence-corrected chi connectivity index (χ4v) is 5.67. The van der Waals surface area contributed by atoms with Crippen LogP contribution in [0.5, 0.6) is 5.75 Å². The second kappa shape index (κ2) is 7.82. The van der Waals surface area contributed by atoms with E-state index < -0.39 is 47.0 Å². The third-order valence-corrected chi connectivity index (χ3v) is 7.51. The van der Waals surface area contributed by atoms with E-state index in [1.165, 1.54) is 4.90 Å². The van der Waals surface area contributed by atoms with Crippen LogP contribution in [0.3, 0.4) is 0 Å². The molecule has 3 aliphatic heterocycles. The summed E-state index contributed by atoms with van der Waals surface area (Å²) in [6, 6.07) is 9.60. The summed E-state index contributed by atoms with van der Waals surface area (Å²) in [4.78, 5) is 53.7. The second-order valence-corrected chi connectivity index (χ2v) is 9.30. The maximum Gasteiger partial charge on any atom is 0.250 e. The number of hydrogen-bond acceptors (Lipinski definition) is 6. The van der Waals surface area contributed by atoms with Gasteiger partial charge >= 0.3 is 0 Å². The maximum absolute atomic E-state index is 13.7. The van der Waals surface area contributed by atoms with Crippen LogP contribution in [-0.4, -0.2) is 41.7 Å². The molecular formula is C24H23ClN4O5. The lowest BCUT2D eigenvalue weighted by Crippen LogP contribution is -2.53. The molecule has 2 saturated heterocycles. The van der Waals surface area contributed by atoms with Gasteiger partial charge in [0.1, 0.15) is 11.3 Å². The third kappa shape index (κ3) is 3.04. The van der Waals surface area contributed by atoms with Gasteiger partial charge < -0.3 is 15.8 Å². The number of hydrogen-bond donors (Lipinski definition) is 3. The van der Waals surface area contributed by atoms with E-state index in [4.69, 9.17) is 22.1 Å². The Morgan fingerprint density at radius 3 is 2.50 bits per heavy atom. The summed E-state index contributed by atoms with van der Waals surface area (Å²) in [5.41, 5.74) is 6.40. The summed E-state index contributed by atoms with van der Waals surface area (Å²) in [6.45, 7) is 1.81. The predicted octanol–water partition coefficient (Wildman–Crippen LogP) is 1.45.